The Morgan fingerprint density at radius 2 is 2.27 bits per heavy atom. The van der Waals surface area contributed by atoms with Gasteiger partial charge in [-0.2, -0.15) is 4.94 Å². The van der Waals surface area contributed by atoms with Crippen LogP contribution in [-0.4, -0.2) is 16.7 Å². The van der Waals surface area contributed by atoms with Crippen molar-refractivity contribution >= 4 is 16.5 Å². The number of rotatable bonds is 13. The topological polar surface area (TPSA) is 78.4 Å². The number of hydrogen-bond acceptors (Lipinski definition) is 7. The molecule has 0 aromatic carbocycles. The van der Waals surface area contributed by atoms with Gasteiger partial charge in [-0.25, -0.2) is 20.3 Å². The summed E-state index contributed by atoms with van der Waals surface area (Å²) >= 11 is 1.38. The maximum Gasteiger partial charge on any atom is 0.208 e. The molecular formula is C18H25FN4O2S. The Kier molecular flexibility index (Phi) is 10.7. The molecule has 0 radical (unpaired) electrons. The molecule has 0 spiro atoms. The van der Waals surface area contributed by atoms with E-state index in [0.717, 1.165) is 18.2 Å². The number of hydrogen-bond donors (Lipinski definition) is 4. The summed E-state index contributed by atoms with van der Waals surface area (Å²) < 4.78 is 14.1. The molecule has 0 bridgehead atoms. The molecule has 4 N–H and O–H groups in total. The van der Waals surface area contributed by atoms with Crippen LogP contribution in [0.3, 0.4) is 0 Å². The SMILES string of the molecule is C=C/C(F)=C(\C=C/C(=C)NONc1nccs1)N/C(=C\CC)CCCO. The first-order valence-corrected chi connectivity index (χ1v) is 9.02. The van der Waals surface area contributed by atoms with Crippen molar-refractivity contribution in [1.29, 1.82) is 0 Å². The molecule has 0 atom stereocenters. The summed E-state index contributed by atoms with van der Waals surface area (Å²) in [5.74, 6) is -0.498. The lowest BCUT2D eigenvalue weighted by Crippen LogP contribution is -2.17. The molecule has 0 saturated heterocycles. The van der Waals surface area contributed by atoms with Gasteiger partial charge in [-0.3, -0.25) is 0 Å². The van der Waals surface area contributed by atoms with Gasteiger partial charge in [0.15, 0.2) is 0 Å². The second-order valence-electron chi connectivity index (χ2n) is 5.06. The normalized spacial score (nSPS) is 12.7. The van der Waals surface area contributed by atoms with Gasteiger partial charge in [-0.05, 0) is 37.5 Å². The fourth-order valence-corrected chi connectivity index (χ4v) is 2.28. The van der Waals surface area contributed by atoms with E-state index in [4.69, 9.17) is 10.0 Å². The van der Waals surface area contributed by atoms with E-state index in [1.807, 2.05) is 13.0 Å². The zero-order chi connectivity index (χ0) is 19.2. The average molecular weight is 380 g/mol. The Bertz CT molecular complexity index is 654. The number of anilines is 1. The Morgan fingerprint density at radius 3 is 2.88 bits per heavy atom. The molecular weight excluding hydrogens is 355 g/mol. The predicted molar refractivity (Wildman–Crippen MR) is 104 cm³/mol. The van der Waals surface area contributed by atoms with Crippen molar-refractivity contribution in [3.63, 3.8) is 0 Å². The van der Waals surface area contributed by atoms with Gasteiger partial charge >= 0.3 is 0 Å². The Hall–Kier alpha value is -2.42. The van der Waals surface area contributed by atoms with Crippen LogP contribution in [0.15, 0.2) is 72.0 Å². The van der Waals surface area contributed by atoms with Crippen LogP contribution in [0.1, 0.15) is 26.2 Å². The van der Waals surface area contributed by atoms with E-state index in [1.54, 1.807) is 17.7 Å². The molecule has 0 aliphatic heterocycles. The smallest absolute Gasteiger partial charge is 0.208 e. The lowest BCUT2D eigenvalue weighted by Gasteiger charge is -2.12. The summed E-state index contributed by atoms with van der Waals surface area (Å²) in [6.45, 7) is 9.29. The maximum atomic E-state index is 14.1. The summed E-state index contributed by atoms with van der Waals surface area (Å²) in [5, 5.41) is 14.4. The number of hydroxylamine groups is 1. The Labute approximate surface area is 157 Å². The van der Waals surface area contributed by atoms with Crippen LogP contribution in [0.4, 0.5) is 9.52 Å². The van der Waals surface area contributed by atoms with E-state index >= 15 is 0 Å². The van der Waals surface area contributed by atoms with Crippen molar-refractivity contribution in [2.75, 3.05) is 12.1 Å². The lowest BCUT2D eigenvalue weighted by atomic mass is 10.2. The average Bonchev–Trinajstić information content (AvgIpc) is 3.15. The number of halogens is 1. The van der Waals surface area contributed by atoms with Crippen LogP contribution >= 0.6 is 11.3 Å². The fraction of sp³-hybridized carbons (Fsp3) is 0.278. The monoisotopic (exact) mass is 380 g/mol. The number of aliphatic hydroxyl groups is 1. The second kappa shape index (κ2) is 12.9. The van der Waals surface area contributed by atoms with Gasteiger partial charge in [-0.15, -0.1) is 11.3 Å². The van der Waals surface area contributed by atoms with Crippen LogP contribution in [0.25, 0.3) is 0 Å². The third kappa shape index (κ3) is 8.61. The molecule has 142 valence electrons. The summed E-state index contributed by atoms with van der Waals surface area (Å²) in [6.07, 6.45) is 9.82. The molecule has 26 heavy (non-hydrogen) atoms. The molecule has 0 amide bonds. The predicted octanol–water partition coefficient (Wildman–Crippen LogP) is 4.08. The molecule has 1 heterocycles. The number of aromatic nitrogens is 1. The highest BCUT2D eigenvalue weighted by molar-refractivity contribution is 7.13. The zero-order valence-corrected chi connectivity index (χ0v) is 15.6. The summed E-state index contributed by atoms with van der Waals surface area (Å²) in [7, 11) is 0. The third-order valence-corrected chi connectivity index (χ3v) is 3.66. The third-order valence-electron chi connectivity index (χ3n) is 2.99. The van der Waals surface area contributed by atoms with Crippen molar-refractivity contribution in [1.82, 2.24) is 15.8 Å². The van der Waals surface area contributed by atoms with Crippen LogP contribution in [0.5, 0.6) is 0 Å². The lowest BCUT2D eigenvalue weighted by molar-refractivity contribution is 0.118. The molecule has 0 saturated carbocycles. The molecule has 1 aromatic rings. The van der Waals surface area contributed by atoms with Gasteiger partial charge in [0.1, 0.15) is 5.83 Å². The molecule has 1 rings (SSSR count). The highest BCUT2D eigenvalue weighted by Gasteiger charge is 2.04. The van der Waals surface area contributed by atoms with Crippen LogP contribution in [0.2, 0.25) is 0 Å². The molecule has 0 aliphatic carbocycles. The summed E-state index contributed by atoms with van der Waals surface area (Å²) in [6, 6.07) is 0. The number of nitrogens with zero attached hydrogens (tertiary/aromatic N) is 1. The number of aliphatic hydroxyl groups excluding tert-OH is 1. The van der Waals surface area contributed by atoms with Gasteiger partial charge in [0.2, 0.25) is 5.13 Å². The first kappa shape index (κ1) is 21.6. The minimum atomic E-state index is -0.498. The summed E-state index contributed by atoms with van der Waals surface area (Å²) in [5.41, 5.74) is 6.65. The minimum absolute atomic E-state index is 0.0751. The van der Waals surface area contributed by atoms with E-state index in [2.05, 4.69) is 34.4 Å². The highest BCUT2D eigenvalue weighted by atomic mass is 32.1. The van der Waals surface area contributed by atoms with Gasteiger partial charge < -0.3 is 10.4 Å². The van der Waals surface area contributed by atoms with Gasteiger partial charge in [-0.1, -0.05) is 26.2 Å². The van der Waals surface area contributed by atoms with Gasteiger partial charge in [0.25, 0.3) is 0 Å². The zero-order valence-electron chi connectivity index (χ0n) is 14.8. The molecule has 0 fully saturated rings. The second-order valence-corrected chi connectivity index (χ2v) is 5.95. The largest absolute Gasteiger partial charge is 0.396 e. The van der Waals surface area contributed by atoms with Gasteiger partial charge in [0.05, 0.1) is 11.4 Å². The van der Waals surface area contributed by atoms with Crippen LogP contribution in [-0.2, 0) is 4.94 Å². The molecule has 0 unspecified atom stereocenters. The first-order chi connectivity index (χ1) is 12.6. The highest BCUT2D eigenvalue weighted by Crippen LogP contribution is 2.13. The maximum absolute atomic E-state index is 14.1. The Balaban J connectivity index is 2.65. The molecule has 6 nitrogen and oxygen atoms in total. The first-order valence-electron chi connectivity index (χ1n) is 8.14. The van der Waals surface area contributed by atoms with E-state index in [0.29, 0.717) is 23.7 Å². The fourth-order valence-electron chi connectivity index (χ4n) is 1.82. The number of nitrogens with one attached hydrogen (secondary N) is 3. The van der Waals surface area contributed by atoms with Crippen molar-refractivity contribution in [2.45, 2.75) is 26.2 Å². The van der Waals surface area contributed by atoms with Crippen molar-refractivity contribution in [3.05, 3.63) is 72.0 Å². The van der Waals surface area contributed by atoms with E-state index < -0.39 is 5.83 Å². The van der Waals surface area contributed by atoms with E-state index in [1.165, 1.54) is 17.4 Å². The van der Waals surface area contributed by atoms with E-state index in [9.17, 15) is 4.39 Å². The number of allylic oxidation sites excluding steroid dienone is 6. The van der Waals surface area contributed by atoms with Crippen molar-refractivity contribution in [2.24, 2.45) is 0 Å². The van der Waals surface area contributed by atoms with E-state index in [-0.39, 0.29) is 12.3 Å². The van der Waals surface area contributed by atoms with Crippen LogP contribution < -0.4 is 16.3 Å². The quantitative estimate of drug-likeness (QED) is 0.305. The summed E-state index contributed by atoms with van der Waals surface area (Å²) in [4.78, 5) is 9.03. The van der Waals surface area contributed by atoms with Gasteiger partial charge in [0, 0.05) is 23.9 Å². The van der Waals surface area contributed by atoms with Crippen LogP contribution in [0, 0.1) is 0 Å². The van der Waals surface area contributed by atoms with Crippen molar-refractivity contribution < 1.29 is 14.4 Å². The molecule has 1 aromatic heterocycles. The van der Waals surface area contributed by atoms with Crippen molar-refractivity contribution in [3.8, 4) is 0 Å². The minimum Gasteiger partial charge on any atom is -0.396 e. The number of thiazole rings is 1. The molecule has 0 aliphatic rings. The molecule has 8 heteroatoms. The Morgan fingerprint density at radius 1 is 1.46 bits per heavy atom. The standard InChI is InChI=1S/C18H25FN4O2S/c1-4-7-15(8-6-12-24)21-17(16(19)5-2)10-9-14(3)22-25-23-18-20-11-13-26-18/h5,7,9-11,13,21-22,24H,2-4,6,8,12H2,1H3,(H,20,23)/b10-9-,15-7-,17-16-.